The van der Waals surface area contributed by atoms with E-state index in [1.807, 2.05) is 12.1 Å². The molecule has 1 aliphatic rings. The first-order valence-corrected chi connectivity index (χ1v) is 4.24. The van der Waals surface area contributed by atoms with Crippen LogP contribution in [0.5, 0.6) is 0 Å². The van der Waals surface area contributed by atoms with Gasteiger partial charge in [-0.25, -0.2) is 0 Å². The lowest BCUT2D eigenvalue weighted by atomic mass is 10.3. The Hall–Kier alpha value is -0.830. The lowest BCUT2D eigenvalue weighted by molar-refractivity contribution is 1.01. The van der Waals surface area contributed by atoms with Gasteiger partial charge in [-0.2, -0.15) is 12.6 Å². The molecule has 0 radical (unpaired) electrons. The number of anilines is 2. The molecule has 0 spiro atoms. The Bertz CT molecular complexity index is 262. The van der Waals surface area contributed by atoms with Crippen molar-refractivity contribution in [3.05, 3.63) is 24.3 Å². The molecule has 0 fully saturated rings. The van der Waals surface area contributed by atoms with Crippen molar-refractivity contribution in [2.24, 2.45) is 0 Å². The first-order chi connectivity index (χ1) is 5.42. The molecule has 1 aromatic rings. The van der Waals surface area contributed by atoms with Crippen molar-refractivity contribution >= 4 is 24.0 Å². The van der Waals surface area contributed by atoms with Crippen LogP contribution in [0.4, 0.5) is 11.4 Å². The maximum atomic E-state index is 4.23. The van der Waals surface area contributed by atoms with Crippen LogP contribution in [0.1, 0.15) is 0 Å². The van der Waals surface area contributed by atoms with E-state index >= 15 is 0 Å². The normalized spacial score (nSPS) is 14.5. The van der Waals surface area contributed by atoms with E-state index in [0.29, 0.717) is 0 Å². The monoisotopic (exact) mass is 166 g/mol. The summed E-state index contributed by atoms with van der Waals surface area (Å²) in [6.45, 7) is 0.878. The van der Waals surface area contributed by atoms with Gasteiger partial charge in [0, 0.05) is 0 Å². The first-order valence-electron chi connectivity index (χ1n) is 3.60. The van der Waals surface area contributed by atoms with E-state index in [9.17, 15) is 0 Å². The second kappa shape index (κ2) is 2.66. The number of hydrogen-bond donors (Lipinski definition) is 2. The molecule has 0 saturated heterocycles. The van der Waals surface area contributed by atoms with E-state index in [4.69, 9.17) is 0 Å². The SMILES string of the molecule is SCN1CNc2ccccc21. The van der Waals surface area contributed by atoms with Gasteiger partial charge < -0.3 is 10.2 Å². The molecule has 1 heterocycles. The molecule has 2 rings (SSSR count). The van der Waals surface area contributed by atoms with E-state index in [2.05, 4.69) is 35.0 Å². The third kappa shape index (κ3) is 1.05. The molecule has 1 N–H and O–H groups in total. The van der Waals surface area contributed by atoms with Crippen LogP contribution >= 0.6 is 12.6 Å². The number of hydrogen-bond acceptors (Lipinski definition) is 3. The van der Waals surface area contributed by atoms with Crippen LogP contribution in [0.15, 0.2) is 24.3 Å². The molecule has 0 unspecified atom stereocenters. The minimum atomic E-state index is 0.768. The summed E-state index contributed by atoms with van der Waals surface area (Å²) in [6.07, 6.45) is 0. The summed E-state index contributed by atoms with van der Waals surface area (Å²) in [6, 6.07) is 8.26. The van der Waals surface area contributed by atoms with Crippen LogP contribution in [0, 0.1) is 0 Å². The number of fused-ring (bicyclic) bond motifs is 1. The minimum Gasteiger partial charge on any atom is -0.366 e. The van der Waals surface area contributed by atoms with Crippen molar-refractivity contribution in [3.63, 3.8) is 0 Å². The Morgan fingerprint density at radius 3 is 3.09 bits per heavy atom. The molecule has 1 aromatic carbocycles. The number of rotatable bonds is 1. The van der Waals surface area contributed by atoms with Crippen molar-refractivity contribution in [1.82, 2.24) is 0 Å². The van der Waals surface area contributed by atoms with Crippen LogP contribution in [-0.4, -0.2) is 12.5 Å². The van der Waals surface area contributed by atoms with Gasteiger partial charge >= 0.3 is 0 Å². The smallest absolute Gasteiger partial charge is 0.0886 e. The highest BCUT2D eigenvalue weighted by molar-refractivity contribution is 7.80. The highest BCUT2D eigenvalue weighted by Gasteiger charge is 2.14. The standard InChI is InChI=1S/C8H10N2S/c11-6-10-5-9-7-3-1-2-4-8(7)10/h1-4,9,11H,5-6H2. The molecule has 1 aliphatic heterocycles. The zero-order chi connectivity index (χ0) is 7.68. The zero-order valence-corrected chi connectivity index (χ0v) is 7.01. The highest BCUT2D eigenvalue weighted by Crippen LogP contribution is 2.30. The van der Waals surface area contributed by atoms with Gasteiger partial charge in [-0.05, 0) is 12.1 Å². The highest BCUT2D eigenvalue weighted by atomic mass is 32.1. The molecule has 0 bridgehead atoms. The second-order valence-corrected chi connectivity index (χ2v) is 2.82. The number of benzene rings is 1. The van der Waals surface area contributed by atoms with E-state index < -0.39 is 0 Å². The number of para-hydroxylation sites is 2. The van der Waals surface area contributed by atoms with Crippen molar-refractivity contribution in [3.8, 4) is 0 Å². The Morgan fingerprint density at radius 1 is 1.45 bits per heavy atom. The summed E-state index contributed by atoms with van der Waals surface area (Å²) in [5.41, 5.74) is 2.46. The molecule has 58 valence electrons. The van der Waals surface area contributed by atoms with Gasteiger partial charge in [-0.15, -0.1) is 0 Å². The van der Waals surface area contributed by atoms with Gasteiger partial charge in [0.25, 0.3) is 0 Å². The predicted molar refractivity (Wildman–Crippen MR) is 51.3 cm³/mol. The molecule has 2 nitrogen and oxygen atoms in total. The summed E-state index contributed by atoms with van der Waals surface area (Å²) in [7, 11) is 0. The van der Waals surface area contributed by atoms with Crippen LogP contribution in [-0.2, 0) is 0 Å². The lowest BCUT2D eigenvalue weighted by Crippen LogP contribution is -2.20. The predicted octanol–water partition coefficient (Wildman–Crippen LogP) is 1.76. The summed E-state index contributed by atoms with van der Waals surface area (Å²) >= 11 is 4.23. The Morgan fingerprint density at radius 2 is 2.27 bits per heavy atom. The topological polar surface area (TPSA) is 15.3 Å². The molecule has 0 aliphatic carbocycles. The fourth-order valence-electron chi connectivity index (χ4n) is 1.29. The van der Waals surface area contributed by atoms with E-state index in [1.54, 1.807) is 0 Å². The Labute approximate surface area is 71.6 Å². The van der Waals surface area contributed by atoms with Crippen LogP contribution < -0.4 is 10.2 Å². The Kier molecular flexibility index (Phi) is 1.66. The van der Waals surface area contributed by atoms with Crippen LogP contribution in [0.2, 0.25) is 0 Å². The maximum absolute atomic E-state index is 4.23. The molecular formula is C8H10N2S. The molecule has 0 atom stereocenters. The van der Waals surface area contributed by atoms with Gasteiger partial charge in [-0.3, -0.25) is 0 Å². The van der Waals surface area contributed by atoms with Crippen molar-refractivity contribution < 1.29 is 0 Å². The van der Waals surface area contributed by atoms with E-state index in [1.165, 1.54) is 11.4 Å². The summed E-state index contributed by atoms with van der Waals surface area (Å²) in [5, 5.41) is 3.28. The third-order valence-electron chi connectivity index (χ3n) is 1.88. The average Bonchev–Trinajstić information content (AvgIpc) is 2.47. The minimum absolute atomic E-state index is 0.768. The van der Waals surface area contributed by atoms with Gasteiger partial charge in [0.1, 0.15) is 0 Å². The first kappa shape index (κ1) is 6.85. The summed E-state index contributed by atoms with van der Waals surface area (Å²) < 4.78 is 0. The van der Waals surface area contributed by atoms with Gasteiger partial charge in [0.2, 0.25) is 0 Å². The molecule has 0 aromatic heterocycles. The maximum Gasteiger partial charge on any atom is 0.0886 e. The molecule has 0 amide bonds. The van der Waals surface area contributed by atoms with Crippen LogP contribution in [0.3, 0.4) is 0 Å². The van der Waals surface area contributed by atoms with Crippen molar-refractivity contribution in [2.45, 2.75) is 0 Å². The number of thiol groups is 1. The van der Waals surface area contributed by atoms with Crippen molar-refractivity contribution in [1.29, 1.82) is 0 Å². The lowest BCUT2D eigenvalue weighted by Gasteiger charge is -2.13. The van der Waals surface area contributed by atoms with Crippen LogP contribution in [0.25, 0.3) is 0 Å². The van der Waals surface area contributed by atoms with Gasteiger partial charge in [-0.1, -0.05) is 12.1 Å². The molecule has 3 heteroatoms. The van der Waals surface area contributed by atoms with E-state index in [0.717, 1.165) is 12.5 Å². The van der Waals surface area contributed by atoms with E-state index in [-0.39, 0.29) is 0 Å². The van der Waals surface area contributed by atoms with Gasteiger partial charge in [0.15, 0.2) is 0 Å². The third-order valence-corrected chi connectivity index (χ3v) is 2.22. The Balaban J connectivity index is 2.39. The second-order valence-electron chi connectivity index (χ2n) is 2.53. The molecule has 0 saturated carbocycles. The molecular weight excluding hydrogens is 156 g/mol. The summed E-state index contributed by atoms with van der Waals surface area (Å²) in [5.74, 6) is 0.768. The summed E-state index contributed by atoms with van der Waals surface area (Å²) in [4.78, 5) is 2.18. The number of nitrogens with zero attached hydrogens (tertiary/aromatic N) is 1. The fraction of sp³-hybridized carbons (Fsp3) is 0.250. The zero-order valence-electron chi connectivity index (χ0n) is 6.12. The fourth-order valence-corrected chi connectivity index (χ4v) is 1.54. The van der Waals surface area contributed by atoms with Crippen molar-refractivity contribution in [2.75, 3.05) is 22.8 Å². The quantitative estimate of drug-likeness (QED) is 0.618. The average molecular weight is 166 g/mol. The van der Waals surface area contributed by atoms with Gasteiger partial charge in [0.05, 0.1) is 23.9 Å². The largest absolute Gasteiger partial charge is 0.366 e. The molecule has 11 heavy (non-hydrogen) atoms. The number of nitrogens with one attached hydrogen (secondary N) is 1.